The Morgan fingerprint density at radius 3 is 2.38 bits per heavy atom. The summed E-state index contributed by atoms with van der Waals surface area (Å²) < 4.78 is 0.915. The molecule has 180 valence electrons. The van der Waals surface area contributed by atoms with Gasteiger partial charge in [-0.25, -0.2) is 0 Å². The molecule has 1 N–H and O–H groups in total. The van der Waals surface area contributed by atoms with Crippen molar-refractivity contribution in [3.63, 3.8) is 0 Å². The Labute approximate surface area is 222 Å². The fourth-order valence-corrected chi connectivity index (χ4v) is 5.30. The lowest BCUT2D eigenvalue weighted by Gasteiger charge is -2.37. The molecule has 0 aromatic heterocycles. The number of hydrogen-bond acceptors (Lipinski definition) is 6. The second-order valence-electron chi connectivity index (χ2n) is 8.34. The van der Waals surface area contributed by atoms with Crippen LogP contribution in [-0.2, 0) is 0 Å². The van der Waals surface area contributed by atoms with Crippen LogP contribution in [0.1, 0.15) is 29.6 Å². The van der Waals surface area contributed by atoms with Gasteiger partial charge in [-0.1, -0.05) is 11.6 Å². The number of piperidine rings is 1. The molecule has 2 saturated heterocycles. The molecule has 0 spiro atoms. The third kappa shape index (κ3) is 5.72. The van der Waals surface area contributed by atoms with Gasteiger partial charge in [0.25, 0.3) is 11.6 Å². The van der Waals surface area contributed by atoms with Gasteiger partial charge in [-0.2, -0.15) is 0 Å². The van der Waals surface area contributed by atoms with Gasteiger partial charge in [-0.3, -0.25) is 20.2 Å². The largest absolute Gasteiger partial charge is 0.368 e. The van der Waals surface area contributed by atoms with E-state index in [9.17, 15) is 14.9 Å². The zero-order valence-corrected chi connectivity index (χ0v) is 22.2. The zero-order valence-electron chi connectivity index (χ0n) is 18.5. The lowest BCUT2D eigenvalue weighted by atomic mass is 10.1. The quantitative estimate of drug-likeness (QED) is 0.232. The van der Waals surface area contributed by atoms with Gasteiger partial charge < -0.3 is 14.7 Å². The molecule has 0 radical (unpaired) electrons. The fraction of sp³-hybridized carbons (Fsp3) is 0.391. The first-order valence-corrected chi connectivity index (χ1v) is 13.0. The van der Waals surface area contributed by atoms with Gasteiger partial charge in [-0.15, -0.1) is 0 Å². The molecule has 0 bridgehead atoms. The molecule has 11 heteroatoms. The number of carbonyl (C=O) groups excluding carboxylic acids is 1. The molecule has 0 unspecified atom stereocenters. The second kappa shape index (κ2) is 11.0. The van der Waals surface area contributed by atoms with E-state index in [1.54, 1.807) is 18.2 Å². The minimum atomic E-state index is -0.322. The van der Waals surface area contributed by atoms with Crippen molar-refractivity contribution in [3.05, 3.63) is 60.7 Å². The average Bonchev–Trinajstić information content (AvgIpc) is 2.85. The normalized spacial score (nSPS) is 16.4. The van der Waals surface area contributed by atoms with E-state index in [-0.39, 0.29) is 16.5 Å². The van der Waals surface area contributed by atoms with Crippen LogP contribution in [0, 0.1) is 13.7 Å². The maximum atomic E-state index is 12.6. The number of halogens is 2. The maximum absolute atomic E-state index is 12.6. The number of nitro groups is 1. The number of anilines is 2. The summed E-state index contributed by atoms with van der Waals surface area (Å²) in [5.41, 5.74) is 2.21. The minimum Gasteiger partial charge on any atom is -0.368 e. The molecule has 2 aromatic rings. The lowest BCUT2D eigenvalue weighted by molar-refractivity contribution is -0.384. The molecule has 0 aliphatic carbocycles. The van der Waals surface area contributed by atoms with Crippen molar-refractivity contribution in [3.8, 4) is 0 Å². The summed E-state index contributed by atoms with van der Waals surface area (Å²) in [6, 6.07) is 10.6. The van der Waals surface area contributed by atoms with Crippen LogP contribution < -0.4 is 15.1 Å². The molecule has 2 aliphatic heterocycles. The molecule has 2 aromatic carbocycles. The van der Waals surface area contributed by atoms with Crippen molar-refractivity contribution in [1.29, 1.82) is 0 Å². The fourth-order valence-electron chi connectivity index (χ4n) is 4.33. The van der Waals surface area contributed by atoms with Crippen molar-refractivity contribution < 1.29 is 9.72 Å². The highest BCUT2D eigenvalue weighted by atomic mass is 127. The second-order valence-corrected chi connectivity index (χ2v) is 10.4. The SMILES string of the molecule is O=C(NC(=S)N1CCN(c2ccc([N+](=O)[O-])c(N3CCCCC3)c2)CC1)c1cc(I)ccc1Cl. The summed E-state index contributed by atoms with van der Waals surface area (Å²) >= 11 is 13.8. The third-order valence-electron chi connectivity index (χ3n) is 6.18. The number of carbonyl (C=O) groups is 1. The smallest absolute Gasteiger partial charge is 0.292 e. The Kier molecular flexibility index (Phi) is 8.10. The summed E-state index contributed by atoms with van der Waals surface area (Å²) in [6.07, 6.45) is 3.27. The molecular weight excluding hydrogens is 589 g/mol. The highest BCUT2D eigenvalue weighted by Crippen LogP contribution is 2.34. The first kappa shape index (κ1) is 24.9. The number of nitro benzene ring substituents is 1. The van der Waals surface area contributed by atoms with Gasteiger partial charge >= 0.3 is 0 Å². The Morgan fingerprint density at radius 1 is 1.00 bits per heavy atom. The molecule has 0 saturated carbocycles. The molecule has 2 heterocycles. The van der Waals surface area contributed by atoms with Crippen LogP contribution in [0.2, 0.25) is 5.02 Å². The predicted octanol–water partition coefficient (Wildman–Crippen LogP) is 4.68. The Bertz CT molecular complexity index is 1100. The number of thiocarbonyl (C=S) groups is 1. The summed E-state index contributed by atoms with van der Waals surface area (Å²) in [6.45, 7) is 4.34. The van der Waals surface area contributed by atoms with Crippen molar-refractivity contribution in [2.75, 3.05) is 49.1 Å². The van der Waals surface area contributed by atoms with Gasteiger partial charge in [0.2, 0.25) is 0 Å². The molecule has 4 rings (SSSR count). The average molecular weight is 614 g/mol. The molecule has 0 atom stereocenters. The minimum absolute atomic E-state index is 0.155. The van der Waals surface area contributed by atoms with E-state index in [1.165, 1.54) is 0 Å². The third-order valence-corrected chi connectivity index (χ3v) is 7.54. The van der Waals surface area contributed by atoms with E-state index in [1.807, 2.05) is 23.1 Å². The molecule has 2 aliphatic rings. The summed E-state index contributed by atoms with van der Waals surface area (Å²) in [7, 11) is 0. The number of hydrogen-bond donors (Lipinski definition) is 1. The van der Waals surface area contributed by atoms with Crippen LogP contribution in [0.5, 0.6) is 0 Å². The summed E-state index contributed by atoms with van der Waals surface area (Å²) in [5, 5.41) is 15.1. The van der Waals surface area contributed by atoms with E-state index >= 15 is 0 Å². The zero-order chi connectivity index (χ0) is 24.2. The number of nitrogens with zero attached hydrogens (tertiary/aromatic N) is 4. The first-order chi connectivity index (χ1) is 16.3. The number of rotatable bonds is 4. The molecular formula is C23H25ClIN5O3S. The van der Waals surface area contributed by atoms with Crippen LogP contribution in [0.3, 0.4) is 0 Å². The van der Waals surface area contributed by atoms with Crippen LogP contribution in [0.4, 0.5) is 17.1 Å². The van der Waals surface area contributed by atoms with Gasteiger partial charge in [0.1, 0.15) is 5.69 Å². The van der Waals surface area contributed by atoms with E-state index in [0.29, 0.717) is 47.6 Å². The summed E-state index contributed by atoms with van der Waals surface area (Å²) in [4.78, 5) is 30.2. The lowest BCUT2D eigenvalue weighted by Crippen LogP contribution is -2.52. The first-order valence-electron chi connectivity index (χ1n) is 11.2. The van der Waals surface area contributed by atoms with Gasteiger partial charge in [-0.05, 0) is 84.4 Å². The molecule has 34 heavy (non-hydrogen) atoms. The van der Waals surface area contributed by atoms with Gasteiger partial charge in [0.05, 0.1) is 15.5 Å². The van der Waals surface area contributed by atoms with E-state index in [2.05, 4.69) is 37.7 Å². The highest BCUT2D eigenvalue weighted by Gasteiger charge is 2.25. The van der Waals surface area contributed by atoms with E-state index < -0.39 is 0 Å². The van der Waals surface area contributed by atoms with E-state index in [4.69, 9.17) is 23.8 Å². The Morgan fingerprint density at radius 2 is 1.71 bits per heavy atom. The Hall–Kier alpha value is -2.18. The van der Waals surface area contributed by atoms with Gasteiger partial charge in [0.15, 0.2) is 5.11 Å². The van der Waals surface area contributed by atoms with Crippen LogP contribution in [0.25, 0.3) is 0 Å². The van der Waals surface area contributed by atoms with Gasteiger partial charge in [0, 0.05) is 54.6 Å². The predicted molar refractivity (Wildman–Crippen MR) is 147 cm³/mol. The van der Waals surface area contributed by atoms with Crippen molar-refractivity contribution in [2.24, 2.45) is 0 Å². The number of piperazine rings is 1. The molecule has 1 amide bonds. The monoisotopic (exact) mass is 613 g/mol. The Balaban J connectivity index is 1.40. The van der Waals surface area contributed by atoms with Crippen molar-refractivity contribution >= 4 is 74.5 Å². The standard InChI is InChI=1S/C23H25ClIN5O3S/c24-19-6-4-16(25)14-18(19)22(31)26-23(34)29-12-10-27(11-13-29)17-5-7-20(30(32)33)21(15-17)28-8-2-1-3-9-28/h4-7,14-15H,1-3,8-13H2,(H,26,31,34). The number of nitrogens with one attached hydrogen (secondary N) is 1. The topological polar surface area (TPSA) is 82.0 Å². The maximum Gasteiger partial charge on any atom is 0.292 e. The van der Waals surface area contributed by atoms with Crippen LogP contribution in [0.15, 0.2) is 36.4 Å². The highest BCUT2D eigenvalue weighted by molar-refractivity contribution is 14.1. The molecule has 2 fully saturated rings. The summed E-state index contributed by atoms with van der Waals surface area (Å²) in [5.74, 6) is -0.322. The number of amides is 1. The van der Waals surface area contributed by atoms with Crippen LogP contribution >= 0.6 is 46.4 Å². The number of benzene rings is 2. The van der Waals surface area contributed by atoms with E-state index in [0.717, 1.165) is 41.6 Å². The molecule has 8 nitrogen and oxygen atoms in total. The van der Waals surface area contributed by atoms with Crippen LogP contribution in [-0.4, -0.2) is 60.1 Å². The van der Waals surface area contributed by atoms with Crippen molar-refractivity contribution in [2.45, 2.75) is 19.3 Å². The van der Waals surface area contributed by atoms with Crippen molar-refractivity contribution in [1.82, 2.24) is 10.2 Å².